The first-order chi connectivity index (χ1) is 10.2. The van der Waals surface area contributed by atoms with E-state index in [1.54, 1.807) is 16.8 Å². The molecule has 1 atom stereocenters. The Hall–Kier alpha value is -2.55. The first kappa shape index (κ1) is 13.4. The molecule has 9 heteroatoms. The van der Waals surface area contributed by atoms with Crippen molar-refractivity contribution in [3.63, 3.8) is 0 Å². The van der Waals surface area contributed by atoms with Crippen LogP contribution >= 0.6 is 0 Å². The second kappa shape index (κ2) is 5.44. The van der Waals surface area contributed by atoms with Crippen LogP contribution in [-0.2, 0) is 11.8 Å². The monoisotopic (exact) mass is 288 g/mol. The second-order valence-corrected chi connectivity index (χ2v) is 4.79. The van der Waals surface area contributed by atoms with Gasteiger partial charge in [0, 0.05) is 19.8 Å². The van der Waals surface area contributed by atoms with Gasteiger partial charge in [-0.05, 0) is 18.2 Å². The zero-order valence-corrected chi connectivity index (χ0v) is 11.6. The maximum Gasteiger partial charge on any atom is 0.168 e. The van der Waals surface area contributed by atoms with Crippen LogP contribution in [0.2, 0.25) is 0 Å². The lowest BCUT2D eigenvalue weighted by molar-refractivity contribution is 0.0363. The topological polar surface area (TPSA) is 108 Å². The highest BCUT2D eigenvalue weighted by molar-refractivity contribution is 5.37. The fourth-order valence-corrected chi connectivity index (χ4v) is 2.29. The van der Waals surface area contributed by atoms with Crippen molar-refractivity contribution in [3.05, 3.63) is 35.6 Å². The zero-order valence-electron chi connectivity index (χ0n) is 11.6. The summed E-state index contributed by atoms with van der Waals surface area (Å²) in [5, 5.41) is 19.3. The maximum atomic E-state index is 7.59. The van der Waals surface area contributed by atoms with E-state index in [0.29, 0.717) is 25.5 Å². The number of anilines is 1. The molecule has 21 heavy (non-hydrogen) atoms. The standard InChI is InChI=1S/C12H16N8O/c1-18-5-4-9(15-18)10-8-19(6-7-21-10)12-3-2-11(13)20(16-12)17-14/h2-5,10,13-14H,6-8H2,1H3. The molecule has 110 valence electrons. The first-order valence-electron chi connectivity index (χ1n) is 6.56. The summed E-state index contributed by atoms with van der Waals surface area (Å²) >= 11 is 0. The molecule has 9 nitrogen and oxygen atoms in total. The molecule has 0 radical (unpaired) electrons. The van der Waals surface area contributed by atoms with E-state index in [1.807, 2.05) is 24.2 Å². The minimum atomic E-state index is -0.112. The van der Waals surface area contributed by atoms with Crippen molar-refractivity contribution in [2.45, 2.75) is 6.10 Å². The molecule has 0 spiro atoms. The number of ether oxygens (including phenoxy) is 1. The van der Waals surface area contributed by atoms with Gasteiger partial charge in [-0.2, -0.15) is 10.6 Å². The molecule has 0 saturated carbocycles. The molecule has 2 aromatic heterocycles. The van der Waals surface area contributed by atoms with Gasteiger partial charge in [-0.3, -0.25) is 10.1 Å². The van der Waals surface area contributed by atoms with Crippen molar-refractivity contribution in [1.82, 2.24) is 19.7 Å². The molecular formula is C12H16N8O. The zero-order chi connectivity index (χ0) is 14.8. The smallest absolute Gasteiger partial charge is 0.168 e. The summed E-state index contributed by atoms with van der Waals surface area (Å²) in [5.74, 6) is 0.672. The van der Waals surface area contributed by atoms with Gasteiger partial charge in [0.1, 0.15) is 6.10 Å². The van der Waals surface area contributed by atoms with Crippen molar-refractivity contribution in [2.24, 2.45) is 12.3 Å². The van der Waals surface area contributed by atoms with Crippen LogP contribution in [0.5, 0.6) is 0 Å². The van der Waals surface area contributed by atoms with Gasteiger partial charge in [0.05, 0.1) is 18.8 Å². The van der Waals surface area contributed by atoms with E-state index in [1.165, 1.54) is 0 Å². The maximum absolute atomic E-state index is 7.59. The van der Waals surface area contributed by atoms with Crippen molar-refractivity contribution in [1.29, 1.82) is 10.9 Å². The van der Waals surface area contributed by atoms with Crippen molar-refractivity contribution < 1.29 is 4.74 Å². The van der Waals surface area contributed by atoms with Gasteiger partial charge in [0.2, 0.25) is 0 Å². The highest BCUT2D eigenvalue weighted by atomic mass is 16.5. The Bertz CT molecular complexity index is 705. The van der Waals surface area contributed by atoms with Gasteiger partial charge >= 0.3 is 0 Å². The van der Waals surface area contributed by atoms with Crippen LogP contribution in [0.25, 0.3) is 0 Å². The molecular weight excluding hydrogens is 272 g/mol. The van der Waals surface area contributed by atoms with Crippen LogP contribution in [0.1, 0.15) is 11.8 Å². The van der Waals surface area contributed by atoms with Crippen molar-refractivity contribution in [2.75, 3.05) is 24.6 Å². The number of aryl methyl sites for hydroxylation is 1. The Balaban J connectivity index is 1.83. The quantitative estimate of drug-likeness (QED) is 0.800. The predicted octanol–water partition coefficient (Wildman–Crippen LogP) is 0.468. The molecule has 3 heterocycles. The molecule has 1 aliphatic rings. The fraction of sp³-hybridized carbons (Fsp3) is 0.417. The number of hydrogen-bond acceptors (Lipinski definition) is 7. The number of nitrogens with zero attached hydrogens (tertiary/aromatic N) is 6. The fourth-order valence-electron chi connectivity index (χ4n) is 2.29. The van der Waals surface area contributed by atoms with E-state index in [-0.39, 0.29) is 11.6 Å². The molecule has 0 bridgehead atoms. The van der Waals surface area contributed by atoms with Gasteiger partial charge < -0.3 is 9.64 Å². The Morgan fingerprint density at radius 1 is 1.33 bits per heavy atom. The van der Waals surface area contributed by atoms with Crippen LogP contribution in [0.15, 0.2) is 29.6 Å². The predicted molar refractivity (Wildman–Crippen MR) is 72.7 cm³/mol. The van der Waals surface area contributed by atoms with E-state index in [2.05, 4.69) is 15.4 Å². The highest BCUT2D eigenvalue weighted by Gasteiger charge is 2.24. The Kier molecular flexibility index (Phi) is 3.48. The van der Waals surface area contributed by atoms with E-state index in [4.69, 9.17) is 15.7 Å². The van der Waals surface area contributed by atoms with Crippen LogP contribution in [0.3, 0.4) is 0 Å². The molecule has 0 aromatic carbocycles. The molecule has 3 rings (SSSR count). The van der Waals surface area contributed by atoms with Crippen LogP contribution in [0, 0.1) is 10.9 Å². The van der Waals surface area contributed by atoms with E-state index in [9.17, 15) is 0 Å². The number of hydrogen-bond donors (Lipinski definition) is 2. The number of aromatic nitrogens is 4. The molecule has 0 aliphatic carbocycles. The van der Waals surface area contributed by atoms with E-state index in [0.717, 1.165) is 10.5 Å². The molecule has 1 saturated heterocycles. The highest BCUT2D eigenvalue weighted by Crippen LogP contribution is 2.23. The first-order valence-corrected chi connectivity index (χ1v) is 6.56. The summed E-state index contributed by atoms with van der Waals surface area (Å²) in [4.78, 5) is 3.03. The van der Waals surface area contributed by atoms with Crippen LogP contribution in [-0.4, -0.2) is 39.4 Å². The Morgan fingerprint density at radius 3 is 2.90 bits per heavy atom. The molecule has 2 N–H and O–H groups in total. The minimum Gasteiger partial charge on any atom is -0.368 e. The van der Waals surface area contributed by atoms with Gasteiger partial charge in [-0.25, -0.2) is 0 Å². The molecule has 1 aliphatic heterocycles. The second-order valence-electron chi connectivity index (χ2n) is 4.79. The van der Waals surface area contributed by atoms with Crippen molar-refractivity contribution in [3.8, 4) is 0 Å². The minimum absolute atomic E-state index is 0.0725. The van der Waals surface area contributed by atoms with Gasteiger partial charge in [0.25, 0.3) is 0 Å². The molecule has 2 aromatic rings. The number of nitrogens with one attached hydrogen (secondary N) is 2. The third-order valence-corrected chi connectivity index (χ3v) is 3.35. The van der Waals surface area contributed by atoms with Crippen molar-refractivity contribution >= 4 is 5.82 Å². The summed E-state index contributed by atoms with van der Waals surface area (Å²) in [5.41, 5.74) is 7.98. The third kappa shape index (κ3) is 2.68. The van der Waals surface area contributed by atoms with E-state index >= 15 is 0 Å². The van der Waals surface area contributed by atoms with Gasteiger partial charge in [-0.1, -0.05) is 5.22 Å². The van der Waals surface area contributed by atoms with Gasteiger partial charge in [-0.15, -0.1) is 9.89 Å². The Morgan fingerprint density at radius 2 is 2.19 bits per heavy atom. The van der Waals surface area contributed by atoms with Crippen LogP contribution < -0.4 is 10.4 Å². The lowest BCUT2D eigenvalue weighted by atomic mass is 10.2. The summed E-state index contributed by atoms with van der Waals surface area (Å²) in [6, 6.07) is 5.27. The van der Waals surface area contributed by atoms with E-state index < -0.39 is 0 Å². The molecule has 0 amide bonds. The largest absolute Gasteiger partial charge is 0.368 e. The molecule has 1 unspecified atom stereocenters. The number of morpholine rings is 1. The third-order valence-electron chi connectivity index (χ3n) is 3.35. The molecule has 1 fully saturated rings. The SMILES string of the molecule is Cn1ccc(C2CN(c3ccc(=N)n(N=N)n3)CCO2)n1. The average Bonchev–Trinajstić information content (AvgIpc) is 2.94. The summed E-state index contributed by atoms with van der Waals surface area (Å²) < 4.78 is 7.51. The summed E-state index contributed by atoms with van der Waals surface area (Å²) in [6.45, 7) is 1.90. The Labute approximate surface area is 120 Å². The number of rotatable bonds is 3. The lowest BCUT2D eigenvalue weighted by Crippen LogP contribution is -2.39. The van der Waals surface area contributed by atoms with Crippen LogP contribution in [0.4, 0.5) is 5.82 Å². The summed E-state index contributed by atoms with van der Waals surface area (Å²) in [6.07, 6.45) is 1.77. The normalized spacial score (nSPS) is 18.7. The van der Waals surface area contributed by atoms with Gasteiger partial charge in [0.15, 0.2) is 11.3 Å². The average molecular weight is 288 g/mol. The summed E-state index contributed by atoms with van der Waals surface area (Å²) in [7, 11) is 1.87. The lowest BCUT2D eigenvalue weighted by Gasteiger charge is -2.32.